The Morgan fingerprint density at radius 3 is 2.45 bits per heavy atom. The Kier molecular flexibility index (Phi) is 6.56. The van der Waals surface area contributed by atoms with E-state index in [1.807, 2.05) is 32.0 Å². The van der Waals surface area contributed by atoms with E-state index in [-0.39, 0.29) is 5.91 Å². The summed E-state index contributed by atoms with van der Waals surface area (Å²) in [5.41, 5.74) is 0.771. The summed E-state index contributed by atoms with van der Waals surface area (Å²) in [6, 6.07) is 5.56. The molecule has 0 aromatic heterocycles. The van der Waals surface area contributed by atoms with Crippen molar-refractivity contribution in [2.24, 2.45) is 5.92 Å². The molecular weight excluding hydrogens is 278 g/mol. The van der Waals surface area contributed by atoms with Gasteiger partial charge in [0.15, 0.2) is 11.5 Å². The normalized spacial score (nSPS) is 15.4. The van der Waals surface area contributed by atoms with Crippen LogP contribution in [-0.4, -0.2) is 19.1 Å². The third kappa shape index (κ3) is 4.93. The van der Waals surface area contributed by atoms with Crippen LogP contribution in [0.3, 0.4) is 0 Å². The summed E-state index contributed by atoms with van der Waals surface area (Å²) in [5.74, 6) is 2.04. The van der Waals surface area contributed by atoms with Gasteiger partial charge in [-0.3, -0.25) is 4.79 Å². The van der Waals surface area contributed by atoms with Gasteiger partial charge < -0.3 is 14.8 Å². The first-order valence-electron chi connectivity index (χ1n) is 8.42. The van der Waals surface area contributed by atoms with E-state index in [4.69, 9.17) is 9.47 Å². The lowest BCUT2D eigenvalue weighted by molar-refractivity contribution is -0.117. The fourth-order valence-corrected chi connectivity index (χ4v) is 2.99. The van der Waals surface area contributed by atoms with Gasteiger partial charge in [-0.2, -0.15) is 0 Å². The second-order valence-electron chi connectivity index (χ2n) is 5.78. The van der Waals surface area contributed by atoms with Gasteiger partial charge in [-0.15, -0.1) is 0 Å². The number of ether oxygens (including phenoxy) is 2. The van der Waals surface area contributed by atoms with E-state index in [1.54, 1.807) is 0 Å². The molecule has 4 nitrogen and oxygen atoms in total. The molecule has 122 valence electrons. The number of carbonyl (C=O) groups is 1. The van der Waals surface area contributed by atoms with Crippen molar-refractivity contribution in [3.8, 4) is 11.5 Å². The van der Waals surface area contributed by atoms with Gasteiger partial charge in [0.05, 0.1) is 13.2 Å². The van der Waals surface area contributed by atoms with E-state index in [2.05, 4.69) is 5.32 Å². The van der Waals surface area contributed by atoms with Gasteiger partial charge in [-0.05, 0) is 44.7 Å². The van der Waals surface area contributed by atoms with Gasteiger partial charge in [-0.25, -0.2) is 0 Å². The van der Waals surface area contributed by atoms with E-state index in [0.717, 1.165) is 11.4 Å². The smallest absolute Gasteiger partial charge is 0.224 e. The van der Waals surface area contributed by atoms with E-state index >= 15 is 0 Å². The Balaban J connectivity index is 1.95. The molecule has 0 radical (unpaired) electrons. The van der Waals surface area contributed by atoms with Gasteiger partial charge in [0.25, 0.3) is 0 Å². The highest BCUT2D eigenvalue weighted by Crippen LogP contribution is 2.31. The fraction of sp³-hybridized carbons (Fsp3) is 0.611. The highest BCUT2D eigenvalue weighted by molar-refractivity contribution is 5.91. The molecule has 0 saturated heterocycles. The number of anilines is 1. The van der Waals surface area contributed by atoms with E-state index in [1.165, 1.54) is 32.1 Å². The van der Waals surface area contributed by atoms with Gasteiger partial charge >= 0.3 is 0 Å². The van der Waals surface area contributed by atoms with Crippen LogP contribution >= 0.6 is 0 Å². The first-order chi connectivity index (χ1) is 10.7. The predicted octanol–water partition coefficient (Wildman–Crippen LogP) is 4.39. The Hall–Kier alpha value is -1.71. The summed E-state index contributed by atoms with van der Waals surface area (Å²) in [6.45, 7) is 5.03. The maximum Gasteiger partial charge on any atom is 0.224 e. The van der Waals surface area contributed by atoms with Gasteiger partial charge in [0.2, 0.25) is 5.91 Å². The van der Waals surface area contributed by atoms with E-state index in [9.17, 15) is 4.79 Å². The number of hydrogen-bond acceptors (Lipinski definition) is 3. The minimum atomic E-state index is 0.0958. The van der Waals surface area contributed by atoms with Crippen LogP contribution in [0, 0.1) is 5.92 Å². The molecule has 0 atom stereocenters. The zero-order valence-electron chi connectivity index (χ0n) is 13.7. The number of hydrogen-bond donors (Lipinski definition) is 1. The van der Waals surface area contributed by atoms with Gasteiger partial charge in [0, 0.05) is 18.2 Å². The quantitative estimate of drug-likeness (QED) is 0.812. The summed E-state index contributed by atoms with van der Waals surface area (Å²) in [7, 11) is 0. The third-order valence-corrected chi connectivity index (χ3v) is 4.03. The number of carbonyl (C=O) groups excluding carboxylic acids is 1. The lowest BCUT2D eigenvalue weighted by atomic mass is 9.87. The van der Waals surface area contributed by atoms with Crippen molar-refractivity contribution < 1.29 is 14.3 Å². The Morgan fingerprint density at radius 2 is 1.77 bits per heavy atom. The second-order valence-corrected chi connectivity index (χ2v) is 5.78. The number of benzene rings is 1. The third-order valence-electron chi connectivity index (χ3n) is 4.03. The predicted molar refractivity (Wildman–Crippen MR) is 88.6 cm³/mol. The second kappa shape index (κ2) is 8.66. The van der Waals surface area contributed by atoms with E-state index < -0.39 is 0 Å². The van der Waals surface area contributed by atoms with Crippen LogP contribution in [0.15, 0.2) is 18.2 Å². The van der Waals surface area contributed by atoms with Crippen LogP contribution in [0.4, 0.5) is 5.69 Å². The zero-order valence-corrected chi connectivity index (χ0v) is 13.7. The molecule has 2 rings (SSSR count). The van der Waals surface area contributed by atoms with Crippen LogP contribution in [0.5, 0.6) is 11.5 Å². The summed E-state index contributed by atoms with van der Waals surface area (Å²) in [5, 5.41) is 2.98. The lowest BCUT2D eigenvalue weighted by Crippen LogP contribution is -2.18. The summed E-state index contributed by atoms with van der Waals surface area (Å²) in [6.07, 6.45) is 6.82. The van der Waals surface area contributed by atoms with Crippen molar-refractivity contribution in [1.82, 2.24) is 0 Å². The average Bonchev–Trinajstić information content (AvgIpc) is 2.51. The van der Waals surface area contributed by atoms with Crippen molar-refractivity contribution in [2.75, 3.05) is 18.5 Å². The molecule has 1 fully saturated rings. The molecule has 1 N–H and O–H groups in total. The SMILES string of the molecule is CCOc1ccc(NC(=O)CC2CCCCC2)cc1OCC. The van der Waals surface area contributed by atoms with Crippen LogP contribution in [0.25, 0.3) is 0 Å². The number of amides is 1. The number of rotatable bonds is 7. The minimum Gasteiger partial charge on any atom is -0.490 e. The molecule has 0 spiro atoms. The van der Waals surface area contributed by atoms with Crippen molar-refractivity contribution >= 4 is 11.6 Å². The average molecular weight is 305 g/mol. The summed E-state index contributed by atoms with van der Waals surface area (Å²) < 4.78 is 11.1. The molecule has 1 saturated carbocycles. The monoisotopic (exact) mass is 305 g/mol. The molecule has 22 heavy (non-hydrogen) atoms. The van der Waals surface area contributed by atoms with Crippen LogP contribution in [0.2, 0.25) is 0 Å². The molecular formula is C18H27NO3. The van der Waals surface area contributed by atoms with E-state index in [0.29, 0.717) is 31.3 Å². The molecule has 0 heterocycles. The standard InChI is InChI=1S/C18H27NO3/c1-3-21-16-11-10-15(13-17(16)22-4-2)19-18(20)12-14-8-6-5-7-9-14/h10-11,13-14H,3-9,12H2,1-2H3,(H,19,20). The summed E-state index contributed by atoms with van der Waals surface area (Å²) >= 11 is 0. The summed E-state index contributed by atoms with van der Waals surface area (Å²) in [4.78, 5) is 12.2. The van der Waals surface area contributed by atoms with Crippen LogP contribution < -0.4 is 14.8 Å². The van der Waals surface area contributed by atoms with Crippen molar-refractivity contribution in [1.29, 1.82) is 0 Å². The number of nitrogens with one attached hydrogen (secondary N) is 1. The molecule has 1 amide bonds. The van der Waals surface area contributed by atoms with Crippen molar-refractivity contribution in [3.05, 3.63) is 18.2 Å². The topological polar surface area (TPSA) is 47.6 Å². The molecule has 1 aromatic rings. The first-order valence-corrected chi connectivity index (χ1v) is 8.42. The van der Waals surface area contributed by atoms with Gasteiger partial charge in [0.1, 0.15) is 0 Å². The molecule has 1 aliphatic carbocycles. The Morgan fingerprint density at radius 1 is 1.09 bits per heavy atom. The molecule has 1 aromatic carbocycles. The first kappa shape index (κ1) is 16.7. The van der Waals surface area contributed by atoms with Crippen molar-refractivity contribution in [3.63, 3.8) is 0 Å². The molecule has 0 unspecified atom stereocenters. The molecule has 0 aliphatic heterocycles. The van der Waals surface area contributed by atoms with Crippen molar-refractivity contribution in [2.45, 2.75) is 52.4 Å². The van der Waals surface area contributed by atoms with Gasteiger partial charge in [-0.1, -0.05) is 19.3 Å². The Bertz CT molecular complexity index is 481. The minimum absolute atomic E-state index is 0.0958. The molecule has 0 bridgehead atoms. The molecule has 1 aliphatic rings. The highest BCUT2D eigenvalue weighted by atomic mass is 16.5. The largest absolute Gasteiger partial charge is 0.490 e. The maximum absolute atomic E-state index is 12.2. The fourth-order valence-electron chi connectivity index (χ4n) is 2.99. The lowest BCUT2D eigenvalue weighted by Gasteiger charge is -2.21. The Labute approximate surface area is 133 Å². The van der Waals surface area contributed by atoms with Crippen LogP contribution in [-0.2, 0) is 4.79 Å². The molecule has 4 heteroatoms. The zero-order chi connectivity index (χ0) is 15.8. The highest BCUT2D eigenvalue weighted by Gasteiger charge is 2.17. The van der Waals surface area contributed by atoms with Crippen LogP contribution in [0.1, 0.15) is 52.4 Å². The maximum atomic E-state index is 12.2.